The van der Waals surface area contributed by atoms with Crippen LogP contribution in [0.3, 0.4) is 0 Å². The molecule has 1 aromatic rings. The smallest absolute Gasteiger partial charge is 0.239 e. The van der Waals surface area contributed by atoms with Gasteiger partial charge in [0.05, 0.1) is 25.4 Å². The van der Waals surface area contributed by atoms with Gasteiger partial charge >= 0.3 is 0 Å². The van der Waals surface area contributed by atoms with E-state index in [-0.39, 0.29) is 30.3 Å². The van der Waals surface area contributed by atoms with Gasteiger partial charge in [-0.1, -0.05) is 6.07 Å². The number of aromatic nitrogens is 1. The summed E-state index contributed by atoms with van der Waals surface area (Å²) >= 11 is 0. The number of nitrogens with one attached hydrogen (secondary N) is 3. The quantitative estimate of drug-likeness (QED) is 0.558. The zero-order valence-corrected chi connectivity index (χ0v) is 12.2. The van der Waals surface area contributed by atoms with E-state index in [1.807, 2.05) is 12.1 Å². The molecule has 2 aliphatic rings. The lowest BCUT2D eigenvalue weighted by Gasteiger charge is -2.32. The molecule has 2 fully saturated rings. The van der Waals surface area contributed by atoms with Gasteiger partial charge in [0.25, 0.3) is 0 Å². The Labute approximate surface area is 128 Å². The molecule has 4 atom stereocenters. The second-order valence-electron chi connectivity index (χ2n) is 5.49. The average molecular weight is 307 g/mol. The Morgan fingerprint density at radius 3 is 3.09 bits per heavy atom. The number of carbonyl (C=O) groups excluding carboxylic acids is 1. The second kappa shape index (κ2) is 7.01. The van der Waals surface area contributed by atoms with Gasteiger partial charge in [-0.3, -0.25) is 4.79 Å². The van der Waals surface area contributed by atoms with E-state index < -0.39 is 0 Å². The normalized spacial score (nSPS) is 31.7. The minimum atomic E-state index is -0.340. The number of hydrazine groups is 1. The number of nitrogens with two attached hydrogens (primary N) is 1. The van der Waals surface area contributed by atoms with Crippen molar-refractivity contribution in [3.05, 3.63) is 24.4 Å². The maximum atomic E-state index is 12.3. The summed E-state index contributed by atoms with van der Waals surface area (Å²) in [7, 11) is 0. The third-order valence-corrected chi connectivity index (χ3v) is 3.78. The number of amides is 1. The first-order chi connectivity index (χ1) is 10.7. The van der Waals surface area contributed by atoms with Crippen molar-refractivity contribution >= 4 is 5.91 Å². The van der Waals surface area contributed by atoms with Crippen LogP contribution in [-0.2, 0) is 9.53 Å². The monoisotopic (exact) mass is 307 g/mol. The van der Waals surface area contributed by atoms with Crippen molar-refractivity contribution < 1.29 is 14.3 Å². The molecule has 0 saturated carbocycles. The lowest BCUT2D eigenvalue weighted by molar-refractivity contribution is -0.126. The molecule has 3 rings (SSSR count). The van der Waals surface area contributed by atoms with Gasteiger partial charge in [-0.05, 0) is 6.07 Å². The average Bonchev–Trinajstić information content (AvgIpc) is 2.97. The van der Waals surface area contributed by atoms with Crippen LogP contribution in [0, 0.1) is 0 Å². The predicted molar refractivity (Wildman–Crippen MR) is 78.7 cm³/mol. The number of ether oxygens (including phenoxy) is 2. The third kappa shape index (κ3) is 3.72. The fourth-order valence-corrected chi connectivity index (χ4v) is 2.60. The lowest BCUT2D eigenvalue weighted by Crippen LogP contribution is -2.55. The topological polar surface area (TPSA) is 111 Å². The molecule has 0 bridgehead atoms. The Morgan fingerprint density at radius 1 is 1.45 bits per heavy atom. The van der Waals surface area contributed by atoms with E-state index in [1.54, 1.807) is 12.3 Å². The van der Waals surface area contributed by atoms with Crippen LogP contribution in [-0.4, -0.2) is 48.5 Å². The fraction of sp³-hybridized carbons (Fsp3) is 0.571. The minimum absolute atomic E-state index is 0.106. The van der Waals surface area contributed by atoms with Gasteiger partial charge in [-0.2, -0.15) is 0 Å². The standard InChI is InChI=1S/C14H21N5O3/c15-12-7-9(18-19-12)14(20)17-10-8-21-6-4-11(10)22-13-3-1-2-5-16-13/h1-3,5,9-12,18-19H,4,6-8,15H2,(H,17,20)/t9?,10-,11-,12?/m1/s1. The van der Waals surface area contributed by atoms with Crippen LogP contribution in [0.25, 0.3) is 0 Å². The molecular weight excluding hydrogens is 286 g/mol. The van der Waals surface area contributed by atoms with E-state index in [0.717, 1.165) is 0 Å². The van der Waals surface area contributed by atoms with Crippen LogP contribution in [0.2, 0.25) is 0 Å². The van der Waals surface area contributed by atoms with Crippen molar-refractivity contribution in [3.8, 4) is 5.88 Å². The highest BCUT2D eigenvalue weighted by Crippen LogP contribution is 2.16. The first-order valence-corrected chi connectivity index (χ1v) is 7.45. The zero-order chi connectivity index (χ0) is 15.4. The number of carbonyl (C=O) groups is 1. The highest BCUT2D eigenvalue weighted by molar-refractivity contribution is 5.82. The van der Waals surface area contributed by atoms with E-state index in [4.69, 9.17) is 15.2 Å². The van der Waals surface area contributed by atoms with Crippen molar-refractivity contribution in [3.63, 3.8) is 0 Å². The molecule has 0 spiro atoms. The van der Waals surface area contributed by atoms with Gasteiger partial charge in [-0.15, -0.1) is 0 Å². The van der Waals surface area contributed by atoms with Crippen LogP contribution in [0.4, 0.5) is 0 Å². The van der Waals surface area contributed by atoms with Crippen molar-refractivity contribution in [2.75, 3.05) is 13.2 Å². The van der Waals surface area contributed by atoms with E-state index in [9.17, 15) is 4.79 Å². The van der Waals surface area contributed by atoms with Crippen LogP contribution in [0.5, 0.6) is 5.88 Å². The Bertz CT molecular complexity index is 501. The molecule has 1 aromatic heterocycles. The Hall–Kier alpha value is -1.74. The van der Waals surface area contributed by atoms with Crippen molar-refractivity contribution in [1.82, 2.24) is 21.2 Å². The summed E-state index contributed by atoms with van der Waals surface area (Å²) in [6.45, 7) is 1.04. The molecule has 0 radical (unpaired) electrons. The number of hydrogen-bond donors (Lipinski definition) is 4. The van der Waals surface area contributed by atoms with Gasteiger partial charge in [0.1, 0.15) is 12.1 Å². The van der Waals surface area contributed by atoms with E-state index in [0.29, 0.717) is 31.9 Å². The number of nitrogens with zero attached hydrogens (tertiary/aromatic N) is 1. The van der Waals surface area contributed by atoms with Gasteiger partial charge in [0, 0.05) is 25.1 Å². The van der Waals surface area contributed by atoms with Crippen LogP contribution >= 0.6 is 0 Å². The lowest BCUT2D eigenvalue weighted by atomic mass is 10.1. The zero-order valence-electron chi connectivity index (χ0n) is 12.2. The summed E-state index contributed by atoms with van der Waals surface area (Å²) in [5.74, 6) is 0.446. The molecule has 120 valence electrons. The van der Waals surface area contributed by atoms with Crippen molar-refractivity contribution in [2.45, 2.75) is 37.2 Å². The summed E-state index contributed by atoms with van der Waals surface area (Å²) in [5, 5.41) is 2.98. The second-order valence-corrected chi connectivity index (χ2v) is 5.49. The first kappa shape index (κ1) is 15.2. The molecule has 8 nitrogen and oxygen atoms in total. The molecule has 1 amide bonds. The molecular formula is C14H21N5O3. The largest absolute Gasteiger partial charge is 0.472 e. The maximum Gasteiger partial charge on any atom is 0.239 e. The molecule has 3 heterocycles. The first-order valence-electron chi connectivity index (χ1n) is 7.45. The number of hydrogen-bond acceptors (Lipinski definition) is 7. The Kier molecular flexibility index (Phi) is 4.84. The summed E-state index contributed by atoms with van der Waals surface area (Å²) in [4.78, 5) is 16.4. The summed E-state index contributed by atoms with van der Waals surface area (Å²) < 4.78 is 11.3. The number of rotatable bonds is 4. The Morgan fingerprint density at radius 2 is 2.36 bits per heavy atom. The molecule has 0 aromatic carbocycles. The van der Waals surface area contributed by atoms with Crippen molar-refractivity contribution in [1.29, 1.82) is 0 Å². The van der Waals surface area contributed by atoms with E-state index >= 15 is 0 Å². The molecule has 8 heteroatoms. The van der Waals surface area contributed by atoms with Crippen LogP contribution in [0.15, 0.2) is 24.4 Å². The van der Waals surface area contributed by atoms with Gasteiger partial charge in [0.15, 0.2) is 0 Å². The molecule has 2 saturated heterocycles. The SMILES string of the molecule is NC1CC(C(=O)N[C@@H]2COCC[C@H]2Oc2ccccn2)NN1. The van der Waals surface area contributed by atoms with Crippen LogP contribution in [0.1, 0.15) is 12.8 Å². The Balaban J connectivity index is 1.59. The fourth-order valence-electron chi connectivity index (χ4n) is 2.60. The highest BCUT2D eigenvalue weighted by atomic mass is 16.5. The molecule has 0 aliphatic carbocycles. The summed E-state index contributed by atoms with van der Waals surface area (Å²) in [5.41, 5.74) is 11.4. The maximum absolute atomic E-state index is 12.3. The summed E-state index contributed by atoms with van der Waals surface area (Å²) in [6.07, 6.45) is 2.56. The van der Waals surface area contributed by atoms with E-state index in [1.165, 1.54) is 0 Å². The molecule has 5 N–H and O–H groups in total. The third-order valence-electron chi connectivity index (χ3n) is 3.78. The van der Waals surface area contributed by atoms with Crippen LogP contribution < -0.4 is 26.6 Å². The van der Waals surface area contributed by atoms with Gasteiger partial charge < -0.3 is 20.5 Å². The predicted octanol–water partition coefficient (Wildman–Crippen LogP) is -1.11. The number of pyridine rings is 1. The van der Waals surface area contributed by atoms with Gasteiger partial charge in [-0.25, -0.2) is 15.8 Å². The summed E-state index contributed by atoms with van der Waals surface area (Å²) in [6, 6.07) is 4.95. The molecule has 2 unspecified atom stereocenters. The highest BCUT2D eigenvalue weighted by Gasteiger charge is 2.33. The molecule has 2 aliphatic heterocycles. The van der Waals surface area contributed by atoms with Crippen molar-refractivity contribution in [2.24, 2.45) is 5.73 Å². The van der Waals surface area contributed by atoms with E-state index in [2.05, 4.69) is 21.2 Å². The van der Waals surface area contributed by atoms with Gasteiger partial charge in [0.2, 0.25) is 11.8 Å². The minimum Gasteiger partial charge on any atom is -0.472 e. The molecule has 22 heavy (non-hydrogen) atoms.